The Bertz CT molecular complexity index is 543. The van der Waals surface area contributed by atoms with Gasteiger partial charge in [-0.1, -0.05) is 19.1 Å². The lowest BCUT2D eigenvalue weighted by atomic mass is 10.1. The van der Waals surface area contributed by atoms with Crippen LogP contribution in [0.5, 0.6) is 0 Å². The van der Waals surface area contributed by atoms with Crippen LogP contribution >= 0.6 is 0 Å². The van der Waals surface area contributed by atoms with Gasteiger partial charge in [-0.15, -0.1) is 0 Å². The van der Waals surface area contributed by atoms with Gasteiger partial charge in [0.2, 0.25) is 0 Å². The fourth-order valence-electron chi connectivity index (χ4n) is 3.43. The Hall–Kier alpha value is -1.75. The predicted octanol–water partition coefficient (Wildman–Crippen LogP) is 2.33. The van der Waals surface area contributed by atoms with Crippen molar-refractivity contribution in [3.05, 3.63) is 29.8 Å². The Morgan fingerprint density at radius 3 is 2.80 bits per heavy atom. The van der Waals surface area contributed by atoms with Gasteiger partial charge in [0.15, 0.2) is 5.96 Å². The number of likely N-dealkylation sites (N-methyl/N-ethyl adjacent to an activating group) is 1. The van der Waals surface area contributed by atoms with E-state index in [0.717, 1.165) is 44.6 Å². The summed E-state index contributed by atoms with van der Waals surface area (Å²) in [4.78, 5) is 9.27. The quantitative estimate of drug-likeness (QED) is 0.561. The zero-order valence-corrected chi connectivity index (χ0v) is 16.4. The van der Waals surface area contributed by atoms with E-state index in [9.17, 15) is 0 Å². The molecule has 0 amide bonds. The first kappa shape index (κ1) is 19.6. The smallest absolute Gasteiger partial charge is 0.191 e. The molecular formula is C20H35N5. The zero-order chi connectivity index (χ0) is 18.1. The largest absolute Gasteiger partial charge is 0.370 e. The molecular weight excluding hydrogens is 310 g/mol. The van der Waals surface area contributed by atoms with E-state index in [1.54, 1.807) is 0 Å². The van der Waals surface area contributed by atoms with E-state index in [-0.39, 0.29) is 0 Å². The summed E-state index contributed by atoms with van der Waals surface area (Å²) in [6, 6.07) is 8.70. The summed E-state index contributed by atoms with van der Waals surface area (Å²) in [5, 5.41) is 6.94. The van der Waals surface area contributed by atoms with Gasteiger partial charge < -0.3 is 20.4 Å². The number of nitrogens with zero attached hydrogens (tertiary/aromatic N) is 3. The van der Waals surface area contributed by atoms with Gasteiger partial charge in [-0.05, 0) is 57.0 Å². The van der Waals surface area contributed by atoms with Gasteiger partial charge in [-0.2, -0.15) is 0 Å². The number of nitrogens with one attached hydrogen (secondary N) is 2. The number of rotatable bonds is 8. The standard InChI is InChI=1S/C20H35N5/c1-5-24-12-10-18(16-24)15-23-20(21-4)22-11-13-25(6-2)19-9-7-8-17(3)14-19/h7-9,14,18H,5-6,10-13,15-16H2,1-4H3,(H2,21,22,23). The molecule has 0 radical (unpaired) electrons. The Balaban J connectivity index is 1.73. The molecule has 5 heteroatoms. The summed E-state index contributed by atoms with van der Waals surface area (Å²) in [6.45, 7) is 14.0. The minimum Gasteiger partial charge on any atom is -0.370 e. The number of guanidine groups is 1. The van der Waals surface area contributed by atoms with Crippen molar-refractivity contribution in [3.8, 4) is 0 Å². The molecule has 0 saturated carbocycles. The Kier molecular flexibility index (Phi) is 8.06. The number of aryl methyl sites for hydroxylation is 1. The molecule has 1 saturated heterocycles. The molecule has 2 rings (SSSR count). The average molecular weight is 346 g/mol. The maximum absolute atomic E-state index is 4.36. The van der Waals surface area contributed by atoms with Crippen molar-refractivity contribution >= 4 is 11.6 Å². The molecule has 1 aliphatic heterocycles. The number of aliphatic imine (C=N–C) groups is 1. The molecule has 25 heavy (non-hydrogen) atoms. The lowest BCUT2D eigenvalue weighted by Gasteiger charge is -2.24. The van der Waals surface area contributed by atoms with E-state index >= 15 is 0 Å². The van der Waals surface area contributed by atoms with E-state index in [2.05, 4.69) is 70.5 Å². The maximum atomic E-state index is 4.36. The van der Waals surface area contributed by atoms with E-state index < -0.39 is 0 Å². The van der Waals surface area contributed by atoms with Gasteiger partial charge in [0.25, 0.3) is 0 Å². The minimum absolute atomic E-state index is 0.734. The van der Waals surface area contributed by atoms with Crippen LogP contribution in [0.25, 0.3) is 0 Å². The van der Waals surface area contributed by atoms with E-state index in [1.807, 2.05) is 7.05 Å². The third kappa shape index (κ3) is 6.24. The normalized spacial score (nSPS) is 18.4. The summed E-state index contributed by atoms with van der Waals surface area (Å²) in [5.41, 5.74) is 2.59. The molecule has 0 aliphatic carbocycles. The van der Waals surface area contributed by atoms with Gasteiger partial charge in [0.1, 0.15) is 0 Å². The first-order valence-corrected chi connectivity index (χ1v) is 9.64. The summed E-state index contributed by atoms with van der Waals surface area (Å²) in [5.74, 6) is 1.65. The number of hydrogen-bond acceptors (Lipinski definition) is 3. The van der Waals surface area contributed by atoms with Gasteiger partial charge in [-0.25, -0.2) is 0 Å². The molecule has 0 aromatic heterocycles. The van der Waals surface area contributed by atoms with Crippen LogP contribution in [-0.4, -0.2) is 63.7 Å². The predicted molar refractivity (Wildman–Crippen MR) is 109 cm³/mol. The molecule has 1 fully saturated rings. The van der Waals surface area contributed by atoms with Crippen LogP contribution in [0.4, 0.5) is 5.69 Å². The van der Waals surface area contributed by atoms with Crippen LogP contribution in [-0.2, 0) is 0 Å². The summed E-state index contributed by atoms with van der Waals surface area (Å²) in [7, 11) is 1.85. The molecule has 1 aromatic carbocycles. The van der Waals surface area contributed by atoms with Crippen molar-refractivity contribution in [2.45, 2.75) is 27.2 Å². The van der Waals surface area contributed by atoms with Crippen molar-refractivity contribution in [2.24, 2.45) is 10.9 Å². The van der Waals surface area contributed by atoms with Gasteiger partial charge >= 0.3 is 0 Å². The van der Waals surface area contributed by atoms with Gasteiger partial charge in [0, 0.05) is 45.5 Å². The molecule has 1 aliphatic rings. The van der Waals surface area contributed by atoms with Crippen LogP contribution in [0.2, 0.25) is 0 Å². The number of likely N-dealkylation sites (tertiary alicyclic amines) is 1. The minimum atomic E-state index is 0.734. The van der Waals surface area contributed by atoms with Crippen LogP contribution < -0.4 is 15.5 Å². The van der Waals surface area contributed by atoms with E-state index in [4.69, 9.17) is 0 Å². The van der Waals surface area contributed by atoms with Gasteiger partial charge in [0.05, 0.1) is 0 Å². The topological polar surface area (TPSA) is 42.9 Å². The Morgan fingerprint density at radius 1 is 1.32 bits per heavy atom. The third-order valence-corrected chi connectivity index (χ3v) is 5.02. The number of anilines is 1. The molecule has 140 valence electrons. The summed E-state index contributed by atoms with van der Waals surface area (Å²) >= 11 is 0. The fourth-order valence-corrected chi connectivity index (χ4v) is 3.43. The highest BCUT2D eigenvalue weighted by Crippen LogP contribution is 2.15. The highest BCUT2D eigenvalue weighted by molar-refractivity contribution is 5.79. The molecule has 2 N–H and O–H groups in total. The first-order valence-electron chi connectivity index (χ1n) is 9.64. The average Bonchev–Trinajstić information content (AvgIpc) is 3.09. The molecule has 0 bridgehead atoms. The highest BCUT2D eigenvalue weighted by Gasteiger charge is 2.20. The summed E-state index contributed by atoms with van der Waals surface area (Å²) < 4.78 is 0. The van der Waals surface area contributed by atoms with Crippen LogP contribution in [0.15, 0.2) is 29.3 Å². The molecule has 1 unspecified atom stereocenters. The summed E-state index contributed by atoms with van der Waals surface area (Å²) in [6.07, 6.45) is 1.29. The van der Waals surface area contributed by atoms with E-state index in [1.165, 1.54) is 30.8 Å². The van der Waals surface area contributed by atoms with Crippen molar-refractivity contribution in [2.75, 3.05) is 57.8 Å². The van der Waals surface area contributed by atoms with Crippen LogP contribution in [0.3, 0.4) is 0 Å². The molecule has 0 spiro atoms. The van der Waals surface area contributed by atoms with Gasteiger partial charge in [-0.3, -0.25) is 4.99 Å². The molecule has 1 heterocycles. The monoisotopic (exact) mass is 345 g/mol. The van der Waals surface area contributed by atoms with Crippen molar-refractivity contribution in [3.63, 3.8) is 0 Å². The van der Waals surface area contributed by atoms with E-state index in [0.29, 0.717) is 0 Å². The molecule has 5 nitrogen and oxygen atoms in total. The third-order valence-electron chi connectivity index (χ3n) is 5.02. The van der Waals surface area contributed by atoms with Crippen molar-refractivity contribution in [1.82, 2.24) is 15.5 Å². The van der Waals surface area contributed by atoms with Crippen molar-refractivity contribution < 1.29 is 0 Å². The zero-order valence-electron chi connectivity index (χ0n) is 16.4. The second-order valence-corrected chi connectivity index (χ2v) is 6.85. The first-order chi connectivity index (χ1) is 12.2. The lowest BCUT2D eigenvalue weighted by molar-refractivity contribution is 0.342. The highest BCUT2D eigenvalue weighted by atomic mass is 15.2. The second-order valence-electron chi connectivity index (χ2n) is 6.85. The van der Waals surface area contributed by atoms with Crippen LogP contribution in [0.1, 0.15) is 25.8 Å². The maximum Gasteiger partial charge on any atom is 0.191 e. The lowest BCUT2D eigenvalue weighted by Crippen LogP contribution is -2.43. The van der Waals surface area contributed by atoms with Crippen LogP contribution in [0, 0.1) is 12.8 Å². The second kappa shape index (κ2) is 10.3. The number of hydrogen-bond donors (Lipinski definition) is 2. The molecule has 1 aromatic rings. The Labute approximate surface area is 153 Å². The Morgan fingerprint density at radius 2 is 2.16 bits per heavy atom. The number of benzene rings is 1. The SMILES string of the molecule is CCN1CCC(CNC(=NC)NCCN(CC)c2cccc(C)c2)C1. The molecule has 1 atom stereocenters. The van der Waals surface area contributed by atoms with Crippen molar-refractivity contribution in [1.29, 1.82) is 0 Å². The fraction of sp³-hybridized carbons (Fsp3) is 0.650.